The standard InChI is InChI=1S/C13H20N2O3/c1-4-11(14)13(16)15-8-9-7-10(17-2)5-6-12(9)18-3/h5-7,11H,4,8,14H2,1-3H3,(H,15,16)/t11-/m1/s1. The summed E-state index contributed by atoms with van der Waals surface area (Å²) in [5.41, 5.74) is 6.49. The van der Waals surface area contributed by atoms with Crippen LogP contribution in [0.25, 0.3) is 0 Å². The van der Waals surface area contributed by atoms with Crippen molar-refractivity contribution in [1.82, 2.24) is 5.32 Å². The largest absolute Gasteiger partial charge is 0.497 e. The molecular weight excluding hydrogens is 232 g/mol. The molecule has 0 bridgehead atoms. The zero-order chi connectivity index (χ0) is 13.5. The number of rotatable bonds is 6. The number of hydrogen-bond acceptors (Lipinski definition) is 4. The lowest BCUT2D eigenvalue weighted by molar-refractivity contribution is -0.122. The van der Waals surface area contributed by atoms with Gasteiger partial charge in [-0.3, -0.25) is 4.79 Å². The van der Waals surface area contributed by atoms with Crippen LogP contribution in [-0.2, 0) is 11.3 Å². The van der Waals surface area contributed by atoms with Gasteiger partial charge < -0.3 is 20.5 Å². The van der Waals surface area contributed by atoms with E-state index >= 15 is 0 Å². The number of carbonyl (C=O) groups excluding carboxylic acids is 1. The lowest BCUT2D eigenvalue weighted by atomic mass is 10.1. The third-order valence-electron chi connectivity index (χ3n) is 2.72. The van der Waals surface area contributed by atoms with Crippen LogP contribution in [-0.4, -0.2) is 26.2 Å². The molecule has 1 aromatic rings. The highest BCUT2D eigenvalue weighted by molar-refractivity contribution is 5.81. The Balaban J connectivity index is 2.73. The van der Waals surface area contributed by atoms with Crippen molar-refractivity contribution in [3.8, 4) is 11.5 Å². The first-order valence-corrected chi connectivity index (χ1v) is 5.86. The molecular formula is C13H20N2O3. The van der Waals surface area contributed by atoms with Gasteiger partial charge in [-0.05, 0) is 24.6 Å². The van der Waals surface area contributed by atoms with Crippen molar-refractivity contribution in [2.45, 2.75) is 25.9 Å². The molecule has 0 aliphatic heterocycles. The van der Waals surface area contributed by atoms with Gasteiger partial charge in [-0.2, -0.15) is 0 Å². The Morgan fingerprint density at radius 2 is 2.11 bits per heavy atom. The van der Waals surface area contributed by atoms with Gasteiger partial charge in [0.1, 0.15) is 11.5 Å². The van der Waals surface area contributed by atoms with E-state index in [1.807, 2.05) is 19.1 Å². The second-order valence-electron chi connectivity index (χ2n) is 3.91. The van der Waals surface area contributed by atoms with Crippen LogP contribution in [0.2, 0.25) is 0 Å². The summed E-state index contributed by atoms with van der Waals surface area (Å²) in [5, 5.41) is 2.78. The zero-order valence-electron chi connectivity index (χ0n) is 11.0. The monoisotopic (exact) mass is 252 g/mol. The van der Waals surface area contributed by atoms with E-state index in [1.165, 1.54) is 0 Å². The summed E-state index contributed by atoms with van der Waals surface area (Å²) in [6, 6.07) is 4.97. The van der Waals surface area contributed by atoms with Gasteiger partial charge in [0, 0.05) is 12.1 Å². The van der Waals surface area contributed by atoms with Crippen LogP contribution in [0.3, 0.4) is 0 Å². The van der Waals surface area contributed by atoms with E-state index in [1.54, 1.807) is 20.3 Å². The predicted octanol–water partition coefficient (Wildman–Crippen LogP) is 1.06. The summed E-state index contributed by atoms with van der Waals surface area (Å²) in [6.07, 6.45) is 0.612. The Kier molecular flexibility index (Phi) is 5.45. The van der Waals surface area contributed by atoms with Gasteiger partial charge in [-0.15, -0.1) is 0 Å². The third kappa shape index (κ3) is 3.63. The summed E-state index contributed by atoms with van der Waals surface area (Å²) in [4.78, 5) is 11.6. The zero-order valence-corrected chi connectivity index (χ0v) is 11.0. The number of nitrogens with one attached hydrogen (secondary N) is 1. The minimum absolute atomic E-state index is 0.164. The molecule has 1 rings (SSSR count). The smallest absolute Gasteiger partial charge is 0.237 e. The van der Waals surface area contributed by atoms with Crippen LogP contribution in [0.15, 0.2) is 18.2 Å². The number of amides is 1. The molecule has 0 aliphatic carbocycles. The maximum atomic E-state index is 11.6. The van der Waals surface area contributed by atoms with Gasteiger partial charge in [0.25, 0.3) is 0 Å². The van der Waals surface area contributed by atoms with E-state index in [-0.39, 0.29) is 5.91 Å². The highest BCUT2D eigenvalue weighted by Gasteiger charge is 2.12. The highest BCUT2D eigenvalue weighted by Crippen LogP contribution is 2.23. The molecule has 1 amide bonds. The second-order valence-corrected chi connectivity index (χ2v) is 3.91. The van der Waals surface area contributed by atoms with Gasteiger partial charge >= 0.3 is 0 Å². The van der Waals surface area contributed by atoms with Crippen molar-refractivity contribution < 1.29 is 14.3 Å². The number of benzene rings is 1. The maximum absolute atomic E-state index is 11.6. The van der Waals surface area contributed by atoms with Crippen molar-refractivity contribution in [2.24, 2.45) is 5.73 Å². The van der Waals surface area contributed by atoms with Crippen molar-refractivity contribution in [2.75, 3.05) is 14.2 Å². The Bertz CT molecular complexity index is 407. The SMILES string of the molecule is CC[C@@H](N)C(=O)NCc1cc(OC)ccc1OC. The van der Waals surface area contributed by atoms with E-state index in [2.05, 4.69) is 5.32 Å². The van der Waals surface area contributed by atoms with E-state index in [9.17, 15) is 4.79 Å². The van der Waals surface area contributed by atoms with Crippen LogP contribution >= 0.6 is 0 Å². The maximum Gasteiger partial charge on any atom is 0.237 e. The van der Waals surface area contributed by atoms with Crippen LogP contribution in [0.5, 0.6) is 11.5 Å². The van der Waals surface area contributed by atoms with E-state index in [4.69, 9.17) is 15.2 Å². The van der Waals surface area contributed by atoms with E-state index in [0.717, 1.165) is 11.3 Å². The average molecular weight is 252 g/mol. The van der Waals surface area contributed by atoms with Crippen LogP contribution in [0.4, 0.5) is 0 Å². The Hall–Kier alpha value is -1.75. The van der Waals surface area contributed by atoms with Crippen molar-refractivity contribution in [1.29, 1.82) is 0 Å². The first-order chi connectivity index (χ1) is 8.62. The molecule has 0 fully saturated rings. The molecule has 0 spiro atoms. The highest BCUT2D eigenvalue weighted by atomic mass is 16.5. The molecule has 0 saturated carbocycles. The number of carbonyl (C=O) groups is 1. The molecule has 0 aliphatic rings. The van der Waals surface area contributed by atoms with Crippen molar-refractivity contribution >= 4 is 5.91 Å². The molecule has 1 aromatic carbocycles. The van der Waals surface area contributed by atoms with Gasteiger partial charge in [0.15, 0.2) is 0 Å². The van der Waals surface area contributed by atoms with Crippen LogP contribution in [0, 0.1) is 0 Å². The number of nitrogens with two attached hydrogens (primary N) is 1. The molecule has 0 heterocycles. The van der Waals surface area contributed by atoms with Gasteiger partial charge in [0.2, 0.25) is 5.91 Å². The fraction of sp³-hybridized carbons (Fsp3) is 0.462. The van der Waals surface area contributed by atoms with Crippen LogP contribution in [0.1, 0.15) is 18.9 Å². The minimum atomic E-state index is -0.471. The summed E-state index contributed by atoms with van der Waals surface area (Å²) < 4.78 is 10.4. The fourth-order valence-electron chi connectivity index (χ4n) is 1.52. The molecule has 5 nitrogen and oxygen atoms in total. The van der Waals surface area contributed by atoms with Crippen molar-refractivity contribution in [3.05, 3.63) is 23.8 Å². The molecule has 100 valence electrons. The minimum Gasteiger partial charge on any atom is -0.497 e. The van der Waals surface area contributed by atoms with Gasteiger partial charge in [-0.1, -0.05) is 6.92 Å². The Morgan fingerprint density at radius 3 is 2.67 bits per heavy atom. The lowest BCUT2D eigenvalue weighted by Crippen LogP contribution is -2.39. The lowest BCUT2D eigenvalue weighted by Gasteiger charge is -2.13. The normalized spacial score (nSPS) is 11.8. The van der Waals surface area contributed by atoms with Gasteiger partial charge in [0.05, 0.1) is 20.3 Å². The molecule has 0 saturated heterocycles. The van der Waals surface area contributed by atoms with E-state index in [0.29, 0.717) is 18.7 Å². The molecule has 18 heavy (non-hydrogen) atoms. The molecule has 0 aromatic heterocycles. The third-order valence-corrected chi connectivity index (χ3v) is 2.72. The van der Waals surface area contributed by atoms with Crippen LogP contribution < -0.4 is 20.5 Å². The molecule has 0 unspecified atom stereocenters. The number of hydrogen-bond donors (Lipinski definition) is 2. The summed E-state index contributed by atoms with van der Waals surface area (Å²) in [5.74, 6) is 1.27. The van der Waals surface area contributed by atoms with Crippen molar-refractivity contribution in [3.63, 3.8) is 0 Å². The molecule has 5 heteroatoms. The predicted molar refractivity (Wildman–Crippen MR) is 69.7 cm³/mol. The number of ether oxygens (including phenoxy) is 2. The summed E-state index contributed by atoms with van der Waals surface area (Å²) in [7, 11) is 3.18. The topological polar surface area (TPSA) is 73.6 Å². The first-order valence-electron chi connectivity index (χ1n) is 5.86. The molecule has 0 radical (unpaired) electrons. The summed E-state index contributed by atoms with van der Waals surface area (Å²) in [6.45, 7) is 2.24. The first kappa shape index (κ1) is 14.3. The fourth-order valence-corrected chi connectivity index (χ4v) is 1.52. The second kappa shape index (κ2) is 6.86. The average Bonchev–Trinajstić information content (AvgIpc) is 2.43. The van der Waals surface area contributed by atoms with Gasteiger partial charge in [-0.25, -0.2) is 0 Å². The molecule has 1 atom stereocenters. The molecule has 3 N–H and O–H groups in total. The number of methoxy groups -OCH3 is 2. The Labute approximate surface area is 107 Å². The quantitative estimate of drug-likeness (QED) is 0.794. The van der Waals surface area contributed by atoms with E-state index < -0.39 is 6.04 Å². The summed E-state index contributed by atoms with van der Waals surface area (Å²) >= 11 is 0. The Morgan fingerprint density at radius 1 is 1.39 bits per heavy atom.